The smallest absolute Gasteiger partial charge is 0.238 e. The van der Waals surface area contributed by atoms with Crippen molar-refractivity contribution in [2.24, 2.45) is 5.92 Å². The van der Waals surface area contributed by atoms with E-state index in [1.165, 1.54) is 5.56 Å². The summed E-state index contributed by atoms with van der Waals surface area (Å²) in [4.78, 5) is 12.0. The van der Waals surface area contributed by atoms with E-state index >= 15 is 0 Å². The van der Waals surface area contributed by atoms with Gasteiger partial charge >= 0.3 is 0 Å². The first-order valence-corrected chi connectivity index (χ1v) is 7.97. The maximum atomic E-state index is 12.0. The molecule has 1 aliphatic rings. The molecule has 2 unspecified atom stereocenters. The molecule has 2 N–H and O–H groups in total. The third-order valence-electron chi connectivity index (χ3n) is 3.56. The van der Waals surface area contributed by atoms with E-state index in [1.54, 1.807) is 11.8 Å². The van der Waals surface area contributed by atoms with Crippen LogP contribution in [0.2, 0.25) is 0 Å². The summed E-state index contributed by atoms with van der Waals surface area (Å²) in [6, 6.07) is 10.4. The summed E-state index contributed by atoms with van der Waals surface area (Å²) >= 11 is 1.78. The molecule has 0 aromatic heterocycles. The van der Waals surface area contributed by atoms with Gasteiger partial charge in [-0.1, -0.05) is 44.2 Å². The normalized spacial score (nSPS) is 20.5. The van der Waals surface area contributed by atoms with Crippen LogP contribution in [0.3, 0.4) is 0 Å². The van der Waals surface area contributed by atoms with E-state index in [2.05, 4.69) is 48.7 Å². The van der Waals surface area contributed by atoms with Crippen molar-refractivity contribution in [2.75, 3.05) is 18.2 Å². The molecular formula is C15H22N2OS. The first kappa shape index (κ1) is 14.4. The van der Waals surface area contributed by atoms with Crippen molar-refractivity contribution in [3.8, 4) is 0 Å². The monoisotopic (exact) mass is 278 g/mol. The molecule has 1 aromatic rings. The average Bonchev–Trinajstić information content (AvgIpc) is 2.93. The lowest BCUT2D eigenvalue weighted by atomic mass is 9.88. The number of hydrogen-bond donors (Lipinski definition) is 2. The fraction of sp³-hybridized carbons (Fsp3) is 0.533. The summed E-state index contributed by atoms with van der Waals surface area (Å²) in [7, 11) is 0. The fourth-order valence-electron chi connectivity index (χ4n) is 2.34. The van der Waals surface area contributed by atoms with Crippen molar-refractivity contribution in [3.63, 3.8) is 0 Å². The minimum absolute atomic E-state index is 0.0198. The minimum atomic E-state index is -0.0198. The molecule has 1 aromatic carbocycles. The molecule has 0 spiro atoms. The maximum absolute atomic E-state index is 12.0. The molecular weight excluding hydrogens is 256 g/mol. The number of thioether (sulfide) groups is 1. The SMILES string of the molecule is CC(C)C(CNC(=O)C1CSCN1)c1ccccc1. The van der Waals surface area contributed by atoms with E-state index in [0.29, 0.717) is 18.4 Å². The Morgan fingerprint density at radius 3 is 2.74 bits per heavy atom. The van der Waals surface area contributed by atoms with Crippen LogP contribution in [0, 0.1) is 5.92 Å². The molecule has 19 heavy (non-hydrogen) atoms. The summed E-state index contributed by atoms with van der Waals surface area (Å²) in [5.74, 6) is 2.77. The largest absolute Gasteiger partial charge is 0.354 e. The van der Waals surface area contributed by atoms with Gasteiger partial charge in [0.05, 0.1) is 6.04 Å². The lowest BCUT2D eigenvalue weighted by Crippen LogP contribution is -2.43. The van der Waals surface area contributed by atoms with Crippen molar-refractivity contribution in [1.82, 2.24) is 10.6 Å². The molecule has 0 aliphatic carbocycles. The van der Waals surface area contributed by atoms with E-state index in [1.807, 2.05) is 6.07 Å². The molecule has 2 atom stereocenters. The third kappa shape index (κ3) is 3.98. The van der Waals surface area contributed by atoms with E-state index in [0.717, 1.165) is 11.6 Å². The Balaban J connectivity index is 1.92. The van der Waals surface area contributed by atoms with Crippen LogP contribution in [-0.4, -0.2) is 30.1 Å². The Morgan fingerprint density at radius 1 is 1.42 bits per heavy atom. The van der Waals surface area contributed by atoms with Crippen LogP contribution in [0.5, 0.6) is 0 Å². The topological polar surface area (TPSA) is 41.1 Å². The molecule has 1 amide bonds. The average molecular weight is 278 g/mol. The highest BCUT2D eigenvalue weighted by Gasteiger charge is 2.24. The number of rotatable bonds is 5. The van der Waals surface area contributed by atoms with E-state index in [4.69, 9.17) is 0 Å². The molecule has 2 rings (SSSR count). The van der Waals surface area contributed by atoms with Gasteiger partial charge in [-0.05, 0) is 11.5 Å². The first-order chi connectivity index (χ1) is 9.18. The van der Waals surface area contributed by atoms with Crippen LogP contribution < -0.4 is 10.6 Å². The van der Waals surface area contributed by atoms with Gasteiger partial charge in [0.15, 0.2) is 0 Å². The molecule has 1 heterocycles. The Bertz CT molecular complexity index is 402. The second kappa shape index (κ2) is 6.96. The zero-order valence-corrected chi connectivity index (χ0v) is 12.4. The van der Waals surface area contributed by atoms with Gasteiger partial charge in [0.25, 0.3) is 0 Å². The second-order valence-electron chi connectivity index (χ2n) is 5.28. The number of benzene rings is 1. The summed E-state index contributed by atoms with van der Waals surface area (Å²) in [6.07, 6.45) is 0. The zero-order chi connectivity index (χ0) is 13.7. The summed E-state index contributed by atoms with van der Waals surface area (Å²) in [5.41, 5.74) is 1.30. The fourth-order valence-corrected chi connectivity index (χ4v) is 3.28. The predicted molar refractivity (Wildman–Crippen MR) is 81.3 cm³/mol. The molecule has 0 radical (unpaired) electrons. The molecule has 0 bridgehead atoms. The van der Waals surface area contributed by atoms with E-state index < -0.39 is 0 Å². The van der Waals surface area contributed by atoms with E-state index in [9.17, 15) is 4.79 Å². The van der Waals surface area contributed by atoms with Crippen LogP contribution >= 0.6 is 11.8 Å². The van der Waals surface area contributed by atoms with Gasteiger partial charge in [0, 0.05) is 24.1 Å². The Labute approximate surface area is 119 Å². The van der Waals surface area contributed by atoms with Crippen LogP contribution in [0.15, 0.2) is 30.3 Å². The lowest BCUT2D eigenvalue weighted by Gasteiger charge is -2.22. The highest BCUT2D eigenvalue weighted by atomic mass is 32.2. The molecule has 3 nitrogen and oxygen atoms in total. The predicted octanol–water partition coefficient (Wildman–Crippen LogP) is 2.20. The van der Waals surface area contributed by atoms with Crippen molar-refractivity contribution in [2.45, 2.75) is 25.8 Å². The summed E-state index contributed by atoms with van der Waals surface area (Å²) in [5, 5.41) is 6.29. The quantitative estimate of drug-likeness (QED) is 0.867. The highest BCUT2D eigenvalue weighted by Crippen LogP contribution is 2.23. The zero-order valence-electron chi connectivity index (χ0n) is 11.6. The Hall–Kier alpha value is -1.00. The van der Waals surface area contributed by atoms with Crippen LogP contribution in [0.25, 0.3) is 0 Å². The molecule has 104 valence electrons. The number of nitrogens with one attached hydrogen (secondary N) is 2. The van der Waals surface area contributed by atoms with Crippen LogP contribution in [-0.2, 0) is 4.79 Å². The highest BCUT2D eigenvalue weighted by molar-refractivity contribution is 7.99. The minimum Gasteiger partial charge on any atom is -0.354 e. The Morgan fingerprint density at radius 2 is 2.16 bits per heavy atom. The molecule has 4 heteroatoms. The van der Waals surface area contributed by atoms with Crippen LogP contribution in [0.4, 0.5) is 0 Å². The first-order valence-electron chi connectivity index (χ1n) is 6.82. The summed E-state index contributed by atoms with van der Waals surface area (Å²) < 4.78 is 0. The van der Waals surface area contributed by atoms with Gasteiger partial charge in [-0.25, -0.2) is 0 Å². The van der Waals surface area contributed by atoms with Gasteiger partial charge in [-0.2, -0.15) is 0 Å². The summed E-state index contributed by atoms with van der Waals surface area (Å²) in [6.45, 7) is 5.12. The number of amides is 1. The Kier molecular flexibility index (Phi) is 5.28. The van der Waals surface area contributed by atoms with Gasteiger partial charge < -0.3 is 5.32 Å². The molecule has 0 saturated carbocycles. The van der Waals surface area contributed by atoms with Crippen molar-refractivity contribution in [3.05, 3.63) is 35.9 Å². The van der Waals surface area contributed by atoms with Gasteiger partial charge in [0.2, 0.25) is 5.91 Å². The van der Waals surface area contributed by atoms with Crippen LogP contribution in [0.1, 0.15) is 25.3 Å². The van der Waals surface area contributed by atoms with Gasteiger partial charge in [-0.15, -0.1) is 11.8 Å². The van der Waals surface area contributed by atoms with Crippen molar-refractivity contribution in [1.29, 1.82) is 0 Å². The van der Waals surface area contributed by atoms with Crippen molar-refractivity contribution >= 4 is 17.7 Å². The molecule has 1 saturated heterocycles. The van der Waals surface area contributed by atoms with Crippen molar-refractivity contribution < 1.29 is 4.79 Å². The number of carbonyl (C=O) groups excluding carboxylic acids is 1. The van der Waals surface area contributed by atoms with Gasteiger partial charge in [-0.3, -0.25) is 10.1 Å². The van der Waals surface area contributed by atoms with Gasteiger partial charge in [0.1, 0.15) is 0 Å². The van der Waals surface area contributed by atoms with E-state index in [-0.39, 0.29) is 11.9 Å². The number of hydrogen-bond acceptors (Lipinski definition) is 3. The molecule has 1 fully saturated rings. The standard InChI is InChI=1S/C15H22N2OS/c1-11(2)13(12-6-4-3-5-7-12)8-16-15(18)14-9-19-10-17-14/h3-7,11,13-14,17H,8-10H2,1-2H3,(H,16,18). The number of carbonyl (C=O) groups is 1. The molecule has 1 aliphatic heterocycles. The third-order valence-corrected chi connectivity index (χ3v) is 4.50. The lowest BCUT2D eigenvalue weighted by molar-refractivity contribution is -0.122. The second-order valence-corrected chi connectivity index (χ2v) is 6.31. The maximum Gasteiger partial charge on any atom is 0.238 e.